The van der Waals surface area contributed by atoms with Gasteiger partial charge in [0.1, 0.15) is 12.0 Å². The van der Waals surface area contributed by atoms with E-state index in [1.54, 1.807) is 17.8 Å². The highest BCUT2D eigenvalue weighted by Crippen LogP contribution is 2.26. The maximum Gasteiger partial charge on any atom is 0.287 e. The zero-order valence-electron chi connectivity index (χ0n) is 18.3. The first-order valence-corrected chi connectivity index (χ1v) is 11.9. The molecule has 1 N–H and O–H groups in total. The highest BCUT2D eigenvalue weighted by atomic mass is 32.2. The first-order valence-electron chi connectivity index (χ1n) is 10.9. The number of hydrogen-bond acceptors (Lipinski definition) is 7. The summed E-state index contributed by atoms with van der Waals surface area (Å²) in [7, 11) is 0. The number of hydrogen-bond donors (Lipinski definition) is 1. The summed E-state index contributed by atoms with van der Waals surface area (Å²) in [5, 5.41) is 11.7. The summed E-state index contributed by atoms with van der Waals surface area (Å²) in [6.07, 6.45) is 1.27. The number of carbonyl (C=O) groups excluding carboxylic acids is 1. The lowest BCUT2D eigenvalue weighted by atomic mass is 10.1. The number of aromatic amines is 1. The first-order chi connectivity index (χ1) is 16.6. The van der Waals surface area contributed by atoms with Crippen molar-refractivity contribution in [3.63, 3.8) is 0 Å². The van der Waals surface area contributed by atoms with E-state index in [4.69, 9.17) is 0 Å². The molecule has 1 saturated heterocycles. The monoisotopic (exact) mass is 474 g/mol. The molecule has 34 heavy (non-hydrogen) atoms. The van der Waals surface area contributed by atoms with Crippen LogP contribution in [0, 0.1) is 10.1 Å². The van der Waals surface area contributed by atoms with Gasteiger partial charge >= 0.3 is 0 Å². The molecule has 4 aromatic rings. The number of para-hydroxylation sites is 2. The van der Waals surface area contributed by atoms with Gasteiger partial charge < -0.3 is 14.8 Å². The summed E-state index contributed by atoms with van der Waals surface area (Å²) >= 11 is 1.58. The van der Waals surface area contributed by atoms with Crippen LogP contribution in [0.2, 0.25) is 0 Å². The molecule has 1 fully saturated rings. The molecule has 0 bridgehead atoms. The van der Waals surface area contributed by atoms with E-state index in [1.165, 1.54) is 12.3 Å². The fourth-order valence-corrected chi connectivity index (χ4v) is 4.87. The molecular formula is C24H22N6O3S. The van der Waals surface area contributed by atoms with E-state index in [2.05, 4.69) is 15.0 Å². The van der Waals surface area contributed by atoms with Crippen molar-refractivity contribution >= 4 is 40.2 Å². The molecule has 2 aromatic carbocycles. The minimum atomic E-state index is -0.461. The van der Waals surface area contributed by atoms with E-state index in [-0.39, 0.29) is 11.6 Å². The highest BCUT2D eigenvalue weighted by molar-refractivity contribution is 7.98. The number of amides is 1. The number of H-pyrrole nitrogens is 1. The first kappa shape index (κ1) is 21.9. The lowest BCUT2D eigenvalue weighted by Gasteiger charge is -2.35. The van der Waals surface area contributed by atoms with Crippen molar-refractivity contribution in [3.8, 4) is 0 Å². The molecule has 10 heteroatoms. The lowest BCUT2D eigenvalue weighted by molar-refractivity contribution is -0.385. The van der Waals surface area contributed by atoms with E-state index in [9.17, 15) is 14.9 Å². The van der Waals surface area contributed by atoms with Gasteiger partial charge in [-0.05, 0) is 29.8 Å². The number of piperazine rings is 1. The van der Waals surface area contributed by atoms with Crippen LogP contribution in [0.3, 0.4) is 0 Å². The fraction of sp³-hybridized carbons (Fsp3) is 0.208. The molecule has 0 spiro atoms. The molecule has 2 aromatic heterocycles. The van der Waals surface area contributed by atoms with Gasteiger partial charge in [-0.1, -0.05) is 42.1 Å². The summed E-state index contributed by atoms with van der Waals surface area (Å²) in [6.45, 7) is 2.35. The molecule has 172 valence electrons. The molecule has 1 amide bonds. The lowest BCUT2D eigenvalue weighted by Crippen LogP contribution is -2.49. The molecule has 5 rings (SSSR count). The van der Waals surface area contributed by atoms with Crippen molar-refractivity contribution in [2.45, 2.75) is 10.9 Å². The molecule has 1 aliphatic rings. The van der Waals surface area contributed by atoms with Crippen LogP contribution < -0.4 is 4.90 Å². The number of nitrogens with one attached hydrogen (secondary N) is 1. The van der Waals surface area contributed by atoms with Gasteiger partial charge in [0.2, 0.25) is 0 Å². The second kappa shape index (κ2) is 9.52. The van der Waals surface area contributed by atoms with E-state index in [1.807, 2.05) is 58.3 Å². The van der Waals surface area contributed by atoms with Crippen molar-refractivity contribution in [2.24, 2.45) is 0 Å². The predicted molar refractivity (Wildman–Crippen MR) is 131 cm³/mol. The molecule has 0 atom stereocenters. The van der Waals surface area contributed by atoms with Crippen LogP contribution in [0.25, 0.3) is 11.0 Å². The van der Waals surface area contributed by atoms with Gasteiger partial charge in [0.05, 0.1) is 16.0 Å². The Kier molecular flexibility index (Phi) is 6.13. The third-order valence-corrected chi connectivity index (χ3v) is 6.74. The maximum atomic E-state index is 13.3. The van der Waals surface area contributed by atoms with E-state index < -0.39 is 4.92 Å². The van der Waals surface area contributed by atoms with Crippen molar-refractivity contribution in [1.29, 1.82) is 0 Å². The topological polar surface area (TPSA) is 108 Å². The van der Waals surface area contributed by atoms with Crippen LogP contribution in [-0.4, -0.2) is 56.9 Å². The Labute approximate surface area is 200 Å². The number of aromatic nitrogens is 3. The summed E-state index contributed by atoms with van der Waals surface area (Å²) in [4.78, 5) is 39.7. The number of benzene rings is 2. The number of nitro groups is 1. The third-order valence-electron chi connectivity index (χ3n) is 5.81. The minimum Gasteiger partial charge on any atom is -0.353 e. The summed E-state index contributed by atoms with van der Waals surface area (Å²) in [5.74, 6) is 1.33. The van der Waals surface area contributed by atoms with Crippen molar-refractivity contribution in [3.05, 3.63) is 88.1 Å². The molecule has 0 saturated carbocycles. The van der Waals surface area contributed by atoms with Gasteiger partial charge in [0, 0.05) is 43.6 Å². The van der Waals surface area contributed by atoms with Crippen LogP contribution in [0.4, 0.5) is 11.5 Å². The van der Waals surface area contributed by atoms with Crippen LogP contribution in [-0.2, 0) is 5.75 Å². The number of rotatable bonds is 6. The molecule has 3 heterocycles. The average Bonchev–Trinajstić information content (AvgIpc) is 3.30. The number of imidazole rings is 1. The Morgan fingerprint density at radius 3 is 2.53 bits per heavy atom. The van der Waals surface area contributed by atoms with Crippen molar-refractivity contribution < 1.29 is 9.72 Å². The Morgan fingerprint density at radius 1 is 1.03 bits per heavy atom. The van der Waals surface area contributed by atoms with Gasteiger partial charge in [-0.25, -0.2) is 9.97 Å². The number of pyridine rings is 1. The number of thioether (sulfide) groups is 1. The highest BCUT2D eigenvalue weighted by Gasteiger charge is 2.24. The Balaban J connectivity index is 1.23. The van der Waals surface area contributed by atoms with Gasteiger partial charge in [0.15, 0.2) is 5.16 Å². The smallest absolute Gasteiger partial charge is 0.287 e. The Bertz CT molecular complexity index is 1300. The minimum absolute atomic E-state index is 0.0112. The molecule has 1 aliphatic heterocycles. The molecular weight excluding hydrogens is 452 g/mol. The van der Waals surface area contributed by atoms with Gasteiger partial charge in [0.25, 0.3) is 11.6 Å². The number of anilines is 1. The predicted octanol–water partition coefficient (Wildman–Crippen LogP) is 4.12. The summed E-state index contributed by atoms with van der Waals surface area (Å²) in [5.41, 5.74) is 3.56. The van der Waals surface area contributed by atoms with Crippen molar-refractivity contribution in [1.82, 2.24) is 19.9 Å². The summed E-state index contributed by atoms with van der Waals surface area (Å²) in [6, 6.07) is 18.7. The van der Waals surface area contributed by atoms with Gasteiger partial charge in [-0.2, -0.15) is 0 Å². The van der Waals surface area contributed by atoms with E-state index in [0.717, 1.165) is 21.8 Å². The SMILES string of the molecule is O=C(c1ccccc1CSc1nc2ccccc2[nH]1)N1CCN(c2ccc([N+](=O)[O-])cn2)CC1. The molecule has 0 aliphatic carbocycles. The van der Waals surface area contributed by atoms with Crippen molar-refractivity contribution in [2.75, 3.05) is 31.1 Å². The normalized spacial score (nSPS) is 13.9. The second-order valence-corrected chi connectivity index (χ2v) is 8.88. The van der Waals surface area contributed by atoms with Crippen LogP contribution >= 0.6 is 11.8 Å². The van der Waals surface area contributed by atoms with E-state index >= 15 is 0 Å². The fourth-order valence-electron chi connectivity index (χ4n) is 3.98. The Morgan fingerprint density at radius 2 is 1.79 bits per heavy atom. The second-order valence-electron chi connectivity index (χ2n) is 7.92. The largest absolute Gasteiger partial charge is 0.353 e. The quantitative estimate of drug-likeness (QED) is 0.254. The van der Waals surface area contributed by atoms with E-state index in [0.29, 0.717) is 43.3 Å². The number of carbonyl (C=O) groups is 1. The maximum absolute atomic E-state index is 13.3. The van der Waals surface area contributed by atoms with Crippen LogP contribution in [0.5, 0.6) is 0 Å². The number of fused-ring (bicyclic) bond motifs is 1. The third kappa shape index (κ3) is 4.58. The van der Waals surface area contributed by atoms with Crippen LogP contribution in [0.1, 0.15) is 15.9 Å². The molecule has 9 nitrogen and oxygen atoms in total. The van der Waals surface area contributed by atoms with Gasteiger partial charge in [-0.15, -0.1) is 0 Å². The zero-order valence-corrected chi connectivity index (χ0v) is 19.1. The molecule has 0 radical (unpaired) electrons. The van der Waals surface area contributed by atoms with Crippen LogP contribution in [0.15, 0.2) is 72.0 Å². The average molecular weight is 475 g/mol. The van der Waals surface area contributed by atoms with Gasteiger partial charge in [-0.3, -0.25) is 14.9 Å². The Hall–Kier alpha value is -3.92. The standard InChI is InChI=1S/C24H22N6O3S/c31-23(29-13-11-28(12-14-29)22-10-9-18(15-25-22)30(32)33)19-6-2-1-5-17(19)16-34-24-26-20-7-3-4-8-21(20)27-24/h1-10,15H,11-14,16H2,(H,26,27). The molecule has 0 unspecified atom stereocenters. The summed E-state index contributed by atoms with van der Waals surface area (Å²) < 4.78 is 0. The zero-order chi connectivity index (χ0) is 23.5. The number of nitrogens with zero attached hydrogens (tertiary/aromatic N) is 5.